The molecule has 0 radical (unpaired) electrons. The standard InChI is InChI=1S/C12H19N3O2S/c1-11(2,3)9-13-10(18-14-9)15-5-4-12(8-15)16-6-7-17-12/h4-8H2,1-3H3. The molecule has 0 saturated carbocycles. The molecule has 1 spiro atoms. The minimum atomic E-state index is -0.381. The Balaban J connectivity index is 1.75. The zero-order valence-electron chi connectivity index (χ0n) is 11.1. The van der Waals surface area contributed by atoms with Crippen molar-refractivity contribution in [2.75, 3.05) is 31.2 Å². The molecule has 2 aliphatic rings. The van der Waals surface area contributed by atoms with E-state index in [1.54, 1.807) is 0 Å². The van der Waals surface area contributed by atoms with Crippen LogP contribution in [0.25, 0.3) is 0 Å². The first kappa shape index (κ1) is 12.3. The molecule has 1 aromatic rings. The highest BCUT2D eigenvalue weighted by Crippen LogP contribution is 2.34. The van der Waals surface area contributed by atoms with Crippen LogP contribution in [0.5, 0.6) is 0 Å². The third-order valence-electron chi connectivity index (χ3n) is 3.36. The largest absolute Gasteiger partial charge is 0.346 e. The van der Waals surface area contributed by atoms with Gasteiger partial charge < -0.3 is 14.4 Å². The van der Waals surface area contributed by atoms with Crippen molar-refractivity contribution < 1.29 is 9.47 Å². The van der Waals surface area contributed by atoms with Gasteiger partial charge in [-0.2, -0.15) is 4.37 Å². The Morgan fingerprint density at radius 1 is 1.28 bits per heavy atom. The maximum absolute atomic E-state index is 5.72. The molecule has 18 heavy (non-hydrogen) atoms. The molecule has 0 aliphatic carbocycles. The fourth-order valence-electron chi connectivity index (χ4n) is 2.30. The monoisotopic (exact) mass is 269 g/mol. The van der Waals surface area contributed by atoms with Gasteiger partial charge >= 0.3 is 0 Å². The van der Waals surface area contributed by atoms with E-state index in [4.69, 9.17) is 9.47 Å². The molecule has 0 amide bonds. The van der Waals surface area contributed by atoms with Crippen LogP contribution < -0.4 is 4.90 Å². The SMILES string of the molecule is CC(C)(C)c1nsc(N2CCC3(C2)OCCO3)n1. The third kappa shape index (κ3) is 2.13. The first-order valence-corrected chi connectivity index (χ1v) is 7.13. The van der Waals surface area contributed by atoms with Crippen LogP contribution in [-0.2, 0) is 14.9 Å². The highest BCUT2D eigenvalue weighted by Gasteiger charge is 2.44. The summed E-state index contributed by atoms with van der Waals surface area (Å²) in [6.07, 6.45) is 0.914. The number of nitrogens with zero attached hydrogens (tertiary/aromatic N) is 3. The van der Waals surface area contributed by atoms with Gasteiger partial charge in [-0.15, -0.1) is 0 Å². The second kappa shape index (κ2) is 4.15. The highest BCUT2D eigenvalue weighted by atomic mass is 32.1. The van der Waals surface area contributed by atoms with Crippen LogP contribution in [0.3, 0.4) is 0 Å². The minimum absolute atomic E-state index is 0.00647. The van der Waals surface area contributed by atoms with Crippen LogP contribution in [0.4, 0.5) is 5.13 Å². The van der Waals surface area contributed by atoms with Gasteiger partial charge in [0.05, 0.1) is 19.8 Å². The first-order chi connectivity index (χ1) is 8.49. The summed E-state index contributed by atoms with van der Waals surface area (Å²) in [5.74, 6) is 0.532. The molecular formula is C12H19N3O2S. The summed E-state index contributed by atoms with van der Waals surface area (Å²) in [6, 6.07) is 0. The Kier molecular flexibility index (Phi) is 2.84. The summed E-state index contributed by atoms with van der Waals surface area (Å²) in [6.45, 7) is 9.51. The predicted octanol–water partition coefficient (Wildman–Crippen LogP) is 1.79. The zero-order valence-corrected chi connectivity index (χ0v) is 11.9. The number of ether oxygens (including phenoxy) is 2. The molecule has 0 unspecified atom stereocenters. The van der Waals surface area contributed by atoms with Gasteiger partial charge in [0, 0.05) is 29.9 Å². The van der Waals surface area contributed by atoms with Crippen LogP contribution in [0.15, 0.2) is 0 Å². The Morgan fingerprint density at radius 3 is 2.61 bits per heavy atom. The van der Waals surface area contributed by atoms with E-state index in [-0.39, 0.29) is 11.2 Å². The van der Waals surface area contributed by atoms with Crippen molar-refractivity contribution in [1.29, 1.82) is 0 Å². The normalized spacial score (nSPS) is 23.2. The van der Waals surface area contributed by atoms with Crippen LogP contribution >= 0.6 is 11.5 Å². The van der Waals surface area contributed by atoms with Gasteiger partial charge in [-0.05, 0) is 0 Å². The molecule has 2 aliphatic heterocycles. The molecule has 6 heteroatoms. The second-order valence-corrected chi connectivity index (χ2v) is 6.66. The summed E-state index contributed by atoms with van der Waals surface area (Å²) in [7, 11) is 0. The molecule has 0 bridgehead atoms. The van der Waals surface area contributed by atoms with Gasteiger partial charge in [0.1, 0.15) is 5.82 Å². The zero-order chi connectivity index (χ0) is 12.8. The van der Waals surface area contributed by atoms with E-state index in [0.29, 0.717) is 13.2 Å². The molecule has 2 saturated heterocycles. The van der Waals surface area contributed by atoms with E-state index < -0.39 is 0 Å². The van der Waals surface area contributed by atoms with E-state index in [0.717, 1.165) is 30.5 Å². The maximum atomic E-state index is 5.72. The van der Waals surface area contributed by atoms with Crippen molar-refractivity contribution in [1.82, 2.24) is 9.36 Å². The molecule has 2 fully saturated rings. The summed E-state index contributed by atoms with van der Waals surface area (Å²) in [5.41, 5.74) is 0.00647. The van der Waals surface area contributed by atoms with Crippen molar-refractivity contribution in [2.45, 2.75) is 38.4 Å². The van der Waals surface area contributed by atoms with Crippen molar-refractivity contribution in [3.05, 3.63) is 5.82 Å². The van der Waals surface area contributed by atoms with Crippen molar-refractivity contribution in [3.8, 4) is 0 Å². The third-order valence-corrected chi connectivity index (χ3v) is 4.14. The topological polar surface area (TPSA) is 47.5 Å². The summed E-state index contributed by atoms with van der Waals surface area (Å²) < 4.78 is 15.9. The van der Waals surface area contributed by atoms with E-state index in [1.165, 1.54) is 11.5 Å². The van der Waals surface area contributed by atoms with Gasteiger partial charge in [0.2, 0.25) is 5.13 Å². The number of hydrogen-bond acceptors (Lipinski definition) is 6. The van der Waals surface area contributed by atoms with Gasteiger partial charge in [-0.3, -0.25) is 0 Å². The number of rotatable bonds is 1. The number of anilines is 1. The average Bonchev–Trinajstić information content (AvgIpc) is 3.00. The Labute approximate surface area is 111 Å². The molecule has 1 aromatic heterocycles. The van der Waals surface area contributed by atoms with Crippen LogP contribution in [-0.4, -0.2) is 41.4 Å². The van der Waals surface area contributed by atoms with Crippen LogP contribution in [0.1, 0.15) is 33.0 Å². The van der Waals surface area contributed by atoms with E-state index in [1.807, 2.05) is 0 Å². The lowest BCUT2D eigenvalue weighted by atomic mass is 9.96. The maximum Gasteiger partial charge on any atom is 0.205 e. The lowest BCUT2D eigenvalue weighted by molar-refractivity contribution is -0.137. The second-order valence-electron chi connectivity index (χ2n) is 5.93. The van der Waals surface area contributed by atoms with Crippen molar-refractivity contribution >= 4 is 16.7 Å². The van der Waals surface area contributed by atoms with Crippen LogP contribution in [0, 0.1) is 0 Å². The molecule has 3 rings (SSSR count). The van der Waals surface area contributed by atoms with Crippen molar-refractivity contribution in [2.24, 2.45) is 0 Å². The Hall–Kier alpha value is -0.720. The quantitative estimate of drug-likeness (QED) is 0.778. The van der Waals surface area contributed by atoms with E-state index in [2.05, 4.69) is 35.0 Å². The Bertz CT molecular complexity index is 435. The molecule has 0 N–H and O–H groups in total. The summed E-state index contributed by atoms with van der Waals surface area (Å²) in [5, 5.41) is 0.982. The molecule has 3 heterocycles. The van der Waals surface area contributed by atoms with E-state index >= 15 is 0 Å². The fraction of sp³-hybridized carbons (Fsp3) is 0.833. The van der Waals surface area contributed by atoms with Crippen molar-refractivity contribution in [3.63, 3.8) is 0 Å². The van der Waals surface area contributed by atoms with Gasteiger partial charge in [-0.25, -0.2) is 4.98 Å². The summed E-state index contributed by atoms with van der Waals surface area (Å²) >= 11 is 1.47. The van der Waals surface area contributed by atoms with Gasteiger partial charge in [0.15, 0.2) is 5.79 Å². The fourth-order valence-corrected chi connectivity index (χ4v) is 3.18. The first-order valence-electron chi connectivity index (χ1n) is 6.36. The average molecular weight is 269 g/mol. The smallest absolute Gasteiger partial charge is 0.205 e. The lowest BCUT2D eigenvalue weighted by Crippen LogP contribution is -2.34. The van der Waals surface area contributed by atoms with Crippen LogP contribution in [0.2, 0.25) is 0 Å². The molecular weight excluding hydrogens is 250 g/mol. The molecule has 0 aromatic carbocycles. The lowest BCUT2D eigenvalue weighted by Gasteiger charge is -2.21. The van der Waals surface area contributed by atoms with Gasteiger partial charge in [0.25, 0.3) is 0 Å². The van der Waals surface area contributed by atoms with E-state index in [9.17, 15) is 0 Å². The Morgan fingerprint density at radius 2 is 2.00 bits per heavy atom. The molecule has 5 nitrogen and oxygen atoms in total. The molecule has 100 valence electrons. The summed E-state index contributed by atoms with van der Waals surface area (Å²) in [4.78, 5) is 6.86. The number of aromatic nitrogens is 2. The predicted molar refractivity (Wildman–Crippen MR) is 70.1 cm³/mol. The van der Waals surface area contributed by atoms with Gasteiger partial charge in [-0.1, -0.05) is 20.8 Å². The molecule has 0 atom stereocenters. The number of hydrogen-bond donors (Lipinski definition) is 0. The minimum Gasteiger partial charge on any atom is -0.346 e. The highest BCUT2D eigenvalue weighted by molar-refractivity contribution is 7.09.